The van der Waals surface area contributed by atoms with Gasteiger partial charge in [0.25, 0.3) is 0 Å². The molecule has 0 aromatic rings. The Hall–Kier alpha value is 0.489. The van der Waals surface area contributed by atoms with Crippen molar-refractivity contribution in [1.82, 2.24) is 3.71 Å². The molecule has 0 aliphatic carbocycles. The standard InChI is InChI=1S/CH3NO2S2.Cu/c3-1(4)2(5)6;/h5-6H,(H,3,4);/q;+1/p-1. The van der Waals surface area contributed by atoms with Gasteiger partial charge in [-0.1, -0.05) is 25.6 Å². The molecule has 1 amide bonds. The summed E-state index contributed by atoms with van der Waals surface area (Å²) in [6.45, 7) is 0. The number of rotatable bonds is 0. The Labute approximate surface area is 62.6 Å². The van der Waals surface area contributed by atoms with Gasteiger partial charge in [-0.25, -0.2) is 3.71 Å². The average molecular weight is 188 g/mol. The summed E-state index contributed by atoms with van der Waals surface area (Å²) in [6, 6.07) is 0. The monoisotopic (exact) mass is 187 g/mol. The molecule has 0 N–H and O–H groups in total. The average Bonchev–Trinajstić information content (AvgIpc) is 1.36. The second kappa shape index (κ2) is 4.64. The number of amides is 1. The van der Waals surface area contributed by atoms with E-state index in [4.69, 9.17) is 0 Å². The van der Waals surface area contributed by atoms with Crippen LogP contribution in [-0.4, -0.2) is 9.80 Å². The first-order chi connectivity index (χ1) is 2.64. The van der Waals surface area contributed by atoms with Crippen LogP contribution in [-0.2, 0) is 17.1 Å². The van der Waals surface area contributed by atoms with Crippen LogP contribution in [0.15, 0.2) is 0 Å². The Bertz CT molecular complexity index is 66.7. The van der Waals surface area contributed by atoms with Crippen molar-refractivity contribution in [2.75, 3.05) is 0 Å². The van der Waals surface area contributed by atoms with E-state index in [2.05, 4.69) is 25.6 Å². The van der Waals surface area contributed by atoms with E-state index < -0.39 is 6.09 Å². The minimum absolute atomic E-state index is 0. The van der Waals surface area contributed by atoms with Crippen molar-refractivity contribution < 1.29 is 27.0 Å². The fourth-order valence-corrected chi connectivity index (χ4v) is 0. The van der Waals surface area contributed by atoms with Crippen LogP contribution in [0.1, 0.15) is 0 Å². The van der Waals surface area contributed by atoms with Gasteiger partial charge >= 0.3 is 17.1 Å². The van der Waals surface area contributed by atoms with Crippen LogP contribution in [0, 0.1) is 0 Å². The van der Waals surface area contributed by atoms with Gasteiger partial charge in [0.05, 0.1) is 0 Å². The van der Waals surface area contributed by atoms with E-state index in [1.54, 1.807) is 0 Å². The van der Waals surface area contributed by atoms with Gasteiger partial charge in [0, 0.05) is 0 Å². The van der Waals surface area contributed by atoms with Crippen molar-refractivity contribution in [3.05, 3.63) is 0 Å². The molecule has 0 aliphatic heterocycles. The number of carbonyl (C=O) groups excluding carboxylic acids is 1. The topological polar surface area (TPSA) is 43.4 Å². The molecular weight excluding hydrogens is 186 g/mol. The quantitative estimate of drug-likeness (QED) is 0.390. The molecule has 3 nitrogen and oxygen atoms in total. The van der Waals surface area contributed by atoms with Crippen LogP contribution in [0.3, 0.4) is 0 Å². The van der Waals surface area contributed by atoms with Gasteiger partial charge in [0.15, 0.2) is 6.09 Å². The van der Waals surface area contributed by atoms with Crippen LogP contribution in [0.4, 0.5) is 4.79 Å². The van der Waals surface area contributed by atoms with E-state index in [0.29, 0.717) is 3.71 Å². The molecule has 0 unspecified atom stereocenters. The van der Waals surface area contributed by atoms with Crippen LogP contribution >= 0.6 is 25.6 Å². The van der Waals surface area contributed by atoms with Crippen molar-refractivity contribution in [2.45, 2.75) is 0 Å². The van der Waals surface area contributed by atoms with E-state index in [1.807, 2.05) is 0 Å². The number of thiol groups is 2. The first-order valence-corrected chi connectivity index (χ1v) is 1.83. The van der Waals surface area contributed by atoms with Gasteiger partial charge in [-0.3, -0.25) is 0 Å². The molecule has 0 bridgehead atoms. The number of nitrogens with zero attached hydrogens (tertiary/aromatic N) is 1. The van der Waals surface area contributed by atoms with E-state index in [-0.39, 0.29) is 17.1 Å². The smallest absolute Gasteiger partial charge is 0.529 e. The van der Waals surface area contributed by atoms with Crippen molar-refractivity contribution in [3.8, 4) is 0 Å². The van der Waals surface area contributed by atoms with Crippen LogP contribution in [0.2, 0.25) is 0 Å². The summed E-state index contributed by atoms with van der Waals surface area (Å²) >= 11 is 6.46. The molecule has 0 aromatic carbocycles. The third kappa shape index (κ3) is 6.49. The molecule has 0 atom stereocenters. The zero-order chi connectivity index (χ0) is 5.15. The van der Waals surface area contributed by atoms with Gasteiger partial charge < -0.3 is 9.90 Å². The number of carboxylic acid groups (broad SMARTS) is 1. The zero-order valence-electron chi connectivity index (χ0n) is 2.96. The molecule has 7 heavy (non-hydrogen) atoms. The molecule has 46 valence electrons. The Kier molecular flexibility index (Phi) is 6.94. The molecular formula is CH2CuNO2S2. The maximum Gasteiger partial charge on any atom is 1.00 e. The Balaban J connectivity index is 0. The molecule has 0 saturated heterocycles. The predicted octanol–water partition coefficient (Wildman–Crippen LogP) is -0.681. The van der Waals surface area contributed by atoms with Gasteiger partial charge in [0.1, 0.15) is 0 Å². The summed E-state index contributed by atoms with van der Waals surface area (Å²) in [5.41, 5.74) is 0. The second-order valence-electron chi connectivity index (χ2n) is 0.555. The molecule has 0 heterocycles. The summed E-state index contributed by atoms with van der Waals surface area (Å²) in [6.07, 6.45) is -1.43. The molecule has 0 aliphatic rings. The summed E-state index contributed by atoms with van der Waals surface area (Å²) in [4.78, 5) is 9.36. The van der Waals surface area contributed by atoms with Crippen LogP contribution < -0.4 is 5.11 Å². The van der Waals surface area contributed by atoms with Crippen molar-refractivity contribution in [2.24, 2.45) is 0 Å². The molecule has 6 heteroatoms. The second-order valence-corrected chi connectivity index (χ2v) is 1.67. The Morgan fingerprint density at radius 2 is 1.71 bits per heavy atom. The maximum atomic E-state index is 9.36. The maximum absolute atomic E-state index is 9.36. The number of carbonyl (C=O) groups is 1. The van der Waals surface area contributed by atoms with Gasteiger partial charge in [-0.2, -0.15) is 0 Å². The summed E-state index contributed by atoms with van der Waals surface area (Å²) < 4.78 is 0.361. The van der Waals surface area contributed by atoms with Crippen molar-refractivity contribution in [3.63, 3.8) is 0 Å². The molecule has 0 spiro atoms. The van der Waals surface area contributed by atoms with Crippen LogP contribution in [0.25, 0.3) is 0 Å². The Morgan fingerprint density at radius 1 is 1.57 bits per heavy atom. The zero-order valence-corrected chi connectivity index (χ0v) is 5.69. The summed E-state index contributed by atoms with van der Waals surface area (Å²) in [7, 11) is 0. The molecule has 0 fully saturated rings. The first-order valence-electron chi connectivity index (χ1n) is 1.03. The molecule has 0 rings (SSSR count). The van der Waals surface area contributed by atoms with E-state index in [9.17, 15) is 9.90 Å². The van der Waals surface area contributed by atoms with E-state index >= 15 is 0 Å². The summed E-state index contributed by atoms with van der Waals surface area (Å²) in [5, 5.41) is 9.36. The largest absolute Gasteiger partial charge is 1.00 e. The minimum atomic E-state index is -1.43. The Morgan fingerprint density at radius 3 is 1.71 bits per heavy atom. The van der Waals surface area contributed by atoms with Crippen molar-refractivity contribution in [1.29, 1.82) is 0 Å². The predicted molar refractivity (Wildman–Crippen MR) is 25.2 cm³/mol. The van der Waals surface area contributed by atoms with Crippen molar-refractivity contribution >= 4 is 31.7 Å². The fraction of sp³-hybridized carbons (Fsp3) is 0. The normalized spacial score (nSPS) is 6.57. The number of hydrogen-bond acceptors (Lipinski definition) is 4. The number of hydrogen-bond donors (Lipinski definition) is 2. The third-order valence-corrected chi connectivity index (χ3v) is 0.490. The van der Waals surface area contributed by atoms with Crippen LogP contribution in [0.5, 0.6) is 0 Å². The molecule has 0 saturated carbocycles. The molecule has 0 radical (unpaired) electrons. The third-order valence-electron chi connectivity index (χ3n) is 0.163. The van der Waals surface area contributed by atoms with Gasteiger partial charge in [0.2, 0.25) is 0 Å². The SMILES string of the molecule is O=C([O-])N(S)S.[Cu+]. The van der Waals surface area contributed by atoms with E-state index in [1.165, 1.54) is 0 Å². The summed E-state index contributed by atoms with van der Waals surface area (Å²) in [5.74, 6) is 0. The fourth-order valence-electron chi connectivity index (χ4n) is 0. The van der Waals surface area contributed by atoms with Gasteiger partial charge in [-0.05, 0) is 0 Å². The first kappa shape index (κ1) is 10.5. The molecule has 0 aromatic heterocycles. The van der Waals surface area contributed by atoms with E-state index in [0.717, 1.165) is 0 Å². The minimum Gasteiger partial charge on any atom is -0.529 e. The van der Waals surface area contributed by atoms with Gasteiger partial charge in [-0.15, -0.1) is 0 Å².